The van der Waals surface area contributed by atoms with Gasteiger partial charge < -0.3 is 10.4 Å². The van der Waals surface area contributed by atoms with Crippen molar-refractivity contribution in [2.24, 2.45) is 7.05 Å². The molecule has 2 heterocycles. The van der Waals surface area contributed by atoms with Crippen LogP contribution in [0.1, 0.15) is 18.5 Å². The lowest BCUT2D eigenvalue weighted by Crippen LogP contribution is -2.43. The fraction of sp³-hybridized carbons (Fsp3) is 0.667. The van der Waals surface area contributed by atoms with Crippen molar-refractivity contribution in [2.75, 3.05) is 13.1 Å². The van der Waals surface area contributed by atoms with Gasteiger partial charge in [0.15, 0.2) is 0 Å². The largest absolute Gasteiger partial charge is 0.382 e. The first-order valence-electron chi connectivity index (χ1n) is 4.64. The Morgan fingerprint density at radius 3 is 3.08 bits per heavy atom. The number of rotatable bonds is 1. The quantitative estimate of drug-likeness (QED) is 0.640. The van der Waals surface area contributed by atoms with Crippen molar-refractivity contribution in [3.63, 3.8) is 0 Å². The van der Waals surface area contributed by atoms with Gasteiger partial charge in [0.2, 0.25) is 0 Å². The van der Waals surface area contributed by atoms with Crippen molar-refractivity contribution < 1.29 is 5.11 Å². The maximum atomic E-state index is 10.2. The van der Waals surface area contributed by atoms with E-state index >= 15 is 0 Å². The molecule has 1 fully saturated rings. The molecular weight excluding hydrogens is 166 g/mol. The molecule has 1 aliphatic heterocycles. The molecule has 4 heteroatoms. The zero-order valence-electron chi connectivity index (χ0n) is 7.82. The molecule has 4 nitrogen and oxygen atoms in total. The standard InChI is InChI=1S/C9H15N3O/c1-12-6-3-8(11-12)9(13)4-2-5-10-7-9/h3,6,10,13H,2,4-5,7H2,1H3. The van der Waals surface area contributed by atoms with E-state index in [9.17, 15) is 5.11 Å². The Bertz CT molecular complexity index is 289. The van der Waals surface area contributed by atoms with E-state index in [-0.39, 0.29) is 0 Å². The van der Waals surface area contributed by atoms with Crippen LogP contribution in [-0.2, 0) is 12.6 Å². The van der Waals surface area contributed by atoms with E-state index in [4.69, 9.17) is 0 Å². The number of aryl methyl sites for hydroxylation is 1. The molecule has 0 spiro atoms. The van der Waals surface area contributed by atoms with Crippen molar-refractivity contribution in [3.8, 4) is 0 Å². The summed E-state index contributed by atoms with van der Waals surface area (Å²) in [6.07, 6.45) is 3.67. The molecule has 0 bridgehead atoms. The number of hydrogen-bond acceptors (Lipinski definition) is 3. The summed E-state index contributed by atoms with van der Waals surface area (Å²) in [5, 5.41) is 17.6. The van der Waals surface area contributed by atoms with Crippen molar-refractivity contribution in [2.45, 2.75) is 18.4 Å². The summed E-state index contributed by atoms with van der Waals surface area (Å²) in [4.78, 5) is 0. The number of aromatic nitrogens is 2. The van der Waals surface area contributed by atoms with Crippen LogP contribution in [0.15, 0.2) is 12.3 Å². The van der Waals surface area contributed by atoms with Gasteiger partial charge in [0, 0.05) is 19.8 Å². The van der Waals surface area contributed by atoms with Gasteiger partial charge in [0.1, 0.15) is 5.60 Å². The zero-order valence-corrected chi connectivity index (χ0v) is 7.82. The fourth-order valence-electron chi connectivity index (χ4n) is 1.77. The molecule has 1 aliphatic rings. The van der Waals surface area contributed by atoms with Gasteiger partial charge in [-0.1, -0.05) is 0 Å². The lowest BCUT2D eigenvalue weighted by Gasteiger charge is -2.30. The average Bonchev–Trinajstić information content (AvgIpc) is 2.54. The van der Waals surface area contributed by atoms with E-state index in [2.05, 4.69) is 10.4 Å². The number of nitrogens with zero attached hydrogens (tertiary/aromatic N) is 2. The summed E-state index contributed by atoms with van der Waals surface area (Å²) in [7, 11) is 1.86. The van der Waals surface area contributed by atoms with Gasteiger partial charge in [0.05, 0.1) is 5.69 Å². The van der Waals surface area contributed by atoms with E-state index in [1.807, 2.05) is 19.3 Å². The lowest BCUT2D eigenvalue weighted by atomic mass is 9.91. The van der Waals surface area contributed by atoms with Crippen molar-refractivity contribution in [1.29, 1.82) is 0 Å². The molecule has 0 aromatic carbocycles. The Morgan fingerprint density at radius 1 is 1.69 bits per heavy atom. The van der Waals surface area contributed by atoms with E-state index in [1.54, 1.807) is 4.68 Å². The molecule has 0 amide bonds. The summed E-state index contributed by atoms with van der Waals surface area (Å²) in [5.74, 6) is 0. The SMILES string of the molecule is Cn1ccc(C2(O)CCCNC2)n1. The topological polar surface area (TPSA) is 50.1 Å². The number of aliphatic hydroxyl groups is 1. The summed E-state index contributed by atoms with van der Waals surface area (Å²) >= 11 is 0. The second kappa shape index (κ2) is 3.12. The third kappa shape index (κ3) is 1.59. The number of nitrogens with one attached hydrogen (secondary N) is 1. The minimum absolute atomic E-state index is 0.615. The Morgan fingerprint density at radius 2 is 2.54 bits per heavy atom. The first-order chi connectivity index (χ1) is 6.21. The van der Waals surface area contributed by atoms with Gasteiger partial charge in [-0.05, 0) is 25.5 Å². The van der Waals surface area contributed by atoms with Gasteiger partial charge in [-0.25, -0.2) is 0 Å². The number of piperidine rings is 1. The molecule has 1 aromatic rings. The third-order valence-corrected chi connectivity index (χ3v) is 2.55. The first kappa shape index (κ1) is 8.72. The lowest BCUT2D eigenvalue weighted by molar-refractivity contribution is 0.00777. The molecule has 1 unspecified atom stereocenters. The summed E-state index contributed by atoms with van der Waals surface area (Å²) in [6.45, 7) is 1.61. The molecule has 1 atom stereocenters. The van der Waals surface area contributed by atoms with Crippen molar-refractivity contribution >= 4 is 0 Å². The first-order valence-corrected chi connectivity index (χ1v) is 4.64. The molecule has 2 rings (SSSR count). The minimum Gasteiger partial charge on any atom is -0.382 e. The third-order valence-electron chi connectivity index (χ3n) is 2.55. The highest BCUT2D eigenvalue weighted by atomic mass is 16.3. The Balaban J connectivity index is 2.22. The predicted octanol–water partition coefficient (Wildman–Crippen LogP) is -0.00890. The van der Waals surface area contributed by atoms with E-state index in [1.165, 1.54) is 0 Å². The summed E-state index contributed by atoms with van der Waals surface area (Å²) < 4.78 is 1.72. The smallest absolute Gasteiger partial charge is 0.121 e. The van der Waals surface area contributed by atoms with Crippen LogP contribution in [0.2, 0.25) is 0 Å². The van der Waals surface area contributed by atoms with Crippen LogP contribution in [0.5, 0.6) is 0 Å². The maximum Gasteiger partial charge on any atom is 0.121 e. The molecule has 0 saturated carbocycles. The minimum atomic E-state index is -0.750. The highest BCUT2D eigenvalue weighted by Gasteiger charge is 2.33. The van der Waals surface area contributed by atoms with Crippen molar-refractivity contribution in [3.05, 3.63) is 18.0 Å². The van der Waals surface area contributed by atoms with Crippen LogP contribution in [0.4, 0.5) is 0 Å². The monoisotopic (exact) mass is 181 g/mol. The van der Waals surface area contributed by atoms with Crippen molar-refractivity contribution in [1.82, 2.24) is 15.1 Å². The second-order valence-electron chi connectivity index (χ2n) is 3.69. The van der Waals surface area contributed by atoms with Crippen LogP contribution in [-0.4, -0.2) is 28.0 Å². The maximum absolute atomic E-state index is 10.2. The van der Waals surface area contributed by atoms with Crippen LogP contribution < -0.4 is 5.32 Å². The van der Waals surface area contributed by atoms with Gasteiger partial charge in [-0.2, -0.15) is 5.10 Å². The second-order valence-corrected chi connectivity index (χ2v) is 3.69. The molecule has 13 heavy (non-hydrogen) atoms. The van der Waals surface area contributed by atoms with Gasteiger partial charge >= 0.3 is 0 Å². The van der Waals surface area contributed by atoms with Gasteiger partial charge in [0.25, 0.3) is 0 Å². The average molecular weight is 181 g/mol. The van der Waals surface area contributed by atoms with Gasteiger partial charge in [-0.3, -0.25) is 4.68 Å². The van der Waals surface area contributed by atoms with Crippen LogP contribution in [0.25, 0.3) is 0 Å². The number of hydrogen-bond donors (Lipinski definition) is 2. The normalized spacial score (nSPS) is 29.1. The number of β-amino-alcohol motifs (C(OH)–C–C–N with tert-alkyl or cyclic N) is 1. The molecule has 1 aromatic heterocycles. The molecule has 0 aliphatic carbocycles. The molecule has 72 valence electrons. The van der Waals surface area contributed by atoms with E-state index in [0.717, 1.165) is 25.1 Å². The fourth-order valence-corrected chi connectivity index (χ4v) is 1.77. The predicted molar refractivity (Wildman–Crippen MR) is 49.2 cm³/mol. The highest BCUT2D eigenvalue weighted by Crippen LogP contribution is 2.26. The van der Waals surface area contributed by atoms with Crippen LogP contribution in [0.3, 0.4) is 0 Å². The summed E-state index contributed by atoms with van der Waals surface area (Å²) in [6, 6.07) is 1.88. The molecular formula is C9H15N3O. The summed E-state index contributed by atoms with van der Waals surface area (Å²) in [5.41, 5.74) is 0.0293. The van der Waals surface area contributed by atoms with Crippen LogP contribution in [0, 0.1) is 0 Å². The van der Waals surface area contributed by atoms with E-state index in [0.29, 0.717) is 6.54 Å². The Hall–Kier alpha value is -0.870. The molecule has 0 radical (unpaired) electrons. The Kier molecular flexibility index (Phi) is 2.09. The molecule has 2 N–H and O–H groups in total. The zero-order chi connectivity index (χ0) is 9.31. The van der Waals surface area contributed by atoms with Gasteiger partial charge in [-0.15, -0.1) is 0 Å². The molecule has 1 saturated heterocycles. The van der Waals surface area contributed by atoms with E-state index < -0.39 is 5.60 Å². The highest BCUT2D eigenvalue weighted by molar-refractivity contribution is 5.12. The van der Waals surface area contributed by atoms with Crippen LogP contribution >= 0.6 is 0 Å². The Labute approximate surface area is 77.6 Å².